The van der Waals surface area contributed by atoms with E-state index < -0.39 is 29.4 Å². The lowest BCUT2D eigenvalue weighted by Crippen LogP contribution is -2.35. The Morgan fingerprint density at radius 3 is 2.29 bits per heavy atom. The highest BCUT2D eigenvalue weighted by Crippen LogP contribution is 2.37. The molecule has 0 amide bonds. The fourth-order valence-electron chi connectivity index (χ4n) is 1.48. The van der Waals surface area contributed by atoms with Crippen molar-refractivity contribution in [2.24, 2.45) is 0 Å². The molecular weight excluding hydrogens is 297 g/mol. The first kappa shape index (κ1) is 16.8. The summed E-state index contributed by atoms with van der Waals surface area (Å²) in [6.45, 7) is -0.931. The highest BCUT2D eigenvalue weighted by Gasteiger charge is 2.38. The lowest BCUT2D eigenvalue weighted by Gasteiger charge is -2.16. The molecule has 0 saturated heterocycles. The molecule has 10 heteroatoms. The van der Waals surface area contributed by atoms with Gasteiger partial charge in [0.2, 0.25) is 0 Å². The van der Waals surface area contributed by atoms with E-state index in [2.05, 4.69) is 5.32 Å². The molecular formula is C11H13F3N2O5. The van der Waals surface area contributed by atoms with Crippen LogP contribution >= 0.6 is 0 Å². The molecule has 118 valence electrons. The lowest BCUT2D eigenvalue weighted by atomic mass is 10.2. The molecule has 0 bridgehead atoms. The van der Waals surface area contributed by atoms with Crippen molar-refractivity contribution in [3.8, 4) is 11.5 Å². The van der Waals surface area contributed by atoms with Crippen LogP contribution in [-0.2, 0) is 0 Å². The van der Waals surface area contributed by atoms with Gasteiger partial charge in [0.1, 0.15) is 5.69 Å². The maximum Gasteiger partial charge on any atom is 0.416 e. The topological polar surface area (TPSA) is 93.9 Å². The Hall–Kier alpha value is -2.23. The second-order valence-corrected chi connectivity index (χ2v) is 3.92. The van der Waals surface area contributed by atoms with Crippen molar-refractivity contribution in [2.45, 2.75) is 12.3 Å². The van der Waals surface area contributed by atoms with Gasteiger partial charge >= 0.3 is 6.18 Å². The van der Waals surface area contributed by atoms with Gasteiger partial charge in [-0.25, -0.2) is 0 Å². The molecule has 1 rings (SSSR count). The van der Waals surface area contributed by atoms with Gasteiger partial charge in [-0.15, -0.1) is 0 Å². The number of nitro benzene ring substituents is 1. The zero-order chi connectivity index (χ0) is 16.2. The largest absolute Gasteiger partial charge is 0.493 e. The molecule has 1 unspecified atom stereocenters. The van der Waals surface area contributed by atoms with E-state index in [1.54, 1.807) is 0 Å². The summed E-state index contributed by atoms with van der Waals surface area (Å²) >= 11 is 0. The first-order chi connectivity index (χ1) is 9.70. The van der Waals surface area contributed by atoms with Crippen LogP contribution in [0, 0.1) is 10.1 Å². The highest BCUT2D eigenvalue weighted by molar-refractivity contribution is 5.68. The molecule has 21 heavy (non-hydrogen) atoms. The summed E-state index contributed by atoms with van der Waals surface area (Å²) < 4.78 is 46.4. The van der Waals surface area contributed by atoms with Gasteiger partial charge in [-0.1, -0.05) is 0 Å². The number of alkyl halides is 3. The number of nitrogens with one attached hydrogen (secondary N) is 1. The standard InChI is InChI=1S/C11H13F3N2O5/c1-20-8-3-6(15-5-10(17)11(12,13)14)7(16(18)19)4-9(8)21-2/h3-4,10,15,17H,5H2,1-2H3. The Bertz CT molecular complexity index is 521. The number of aliphatic hydroxyl groups is 1. The lowest BCUT2D eigenvalue weighted by molar-refractivity contribution is -0.384. The van der Waals surface area contributed by atoms with Crippen LogP contribution in [0.4, 0.5) is 24.5 Å². The first-order valence-electron chi connectivity index (χ1n) is 5.59. The van der Waals surface area contributed by atoms with Gasteiger partial charge in [-0.2, -0.15) is 13.2 Å². The quantitative estimate of drug-likeness (QED) is 0.616. The van der Waals surface area contributed by atoms with Crippen molar-refractivity contribution in [3.63, 3.8) is 0 Å². The molecule has 1 aromatic rings. The van der Waals surface area contributed by atoms with Gasteiger partial charge in [-0.3, -0.25) is 10.1 Å². The normalized spacial score (nSPS) is 12.7. The number of halogens is 3. The Balaban J connectivity index is 3.07. The van der Waals surface area contributed by atoms with Crippen molar-refractivity contribution in [2.75, 3.05) is 26.1 Å². The van der Waals surface area contributed by atoms with Gasteiger partial charge in [0.25, 0.3) is 5.69 Å². The van der Waals surface area contributed by atoms with Crippen molar-refractivity contribution >= 4 is 11.4 Å². The highest BCUT2D eigenvalue weighted by atomic mass is 19.4. The third kappa shape index (κ3) is 4.12. The molecule has 0 aliphatic heterocycles. The number of hydrogen-bond donors (Lipinski definition) is 2. The molecule has 0 spiro atoms. The monoisotopic (exact) mass is 310 g/mol. The van der Waals surface area contributed by atoms with Gasteiger partial charge in [0.05, 0.1) is 25.2 Å². The van der Waals surface area contributed by atoms with E-state index >= 15 is 0 Å². The average Bonchev–Trinajstić information content (AvgIpc) is 2.42. The number of nitrogens with zero attached hydrogens (tertiary/aromatic N) is 1. The maximum absolute atomic E-state index is 12.2. The summed E-state index contributed by atoms with van der Waals surface area (Å²) in [6, 6.07) is 2.14. The molecule has 0 aromatic heterocycles. The number of nitro groups is 1. The summed E-state index contributed by atoms with van der Waals surface area (Å²) in [5, 5.41) is 22.0. The summed E-state index contributed by atoms with van der Waals surface area (Å²) in [6.07, 6.45) is -7.47. The van der Waals surface area contributed by atoms with E-state index in [1.807, 2.05) is 0 Å². The second kappa shape index (κ2) is 6.48. The molecule has 1 atom stereocenters. The van der Waals surface area contributed by atoms with Crippen LogP contribution in [-0.4, -0.2) is 43.1 Å². The summed E-state index contributed by atoms with van der Waals surface area (Å²) in [5.41, 5.74) is -0.719. The van der Waals surface area contributed by atoms with Crippen LogP contribution in [0.3, 0.4) is 0 Å². The summed E-state index contributed by atoms with van der Waals surface area (Å²) in [7, 11) is 2.54. The summed E-state index contributed by atoms with van der Waals surface area (Å²) in [4.78, 5) is 10.1. The molecule has 0 radical (unpaired) electrons. The van der Waals surface area contributed by atoms with Crippen molar-refractivity contribution in [1.29, 1.82) is 0 Å². The number of ether oxygens (including phenoxy) is 2. The average molecular weight is 310 g/mol. The zero-order valence-electron chi connectivity index (χ0n) is 11.1. The number of anilines is 1. The number of methoxy groups -OCH3 is 2. The third-order valence-electron chi connectivity index (χ3n) is 2.56. The van der Waals surface area contributed by atoms with Crippen molar-refractivity contribution in [3.05, 3.63) is 22.2 Å². The molecule has 2 N–H and O–H groups in total. The number of benzene rings is 1. The predicted molar refractivity (Wildman–Crippen MR) is 66.8 cm³/mol. The van der Waals surface area contributed by atoms with E-state index in [0.29, 0.717) is 0 Å². The van der Waals surface area contributed by atoms with E-state index in [4.69, 9.17) is 14.6 Å². The SMILES string of the molecule is COc1cc(NCC(O)C(F)(F)F)c([N+](=O)[O-])cc1OC. The number of rotatable bonds is 6. The second-order valence-electron chi connectivity index (χ2n) is 3.92. The Kier molecular flexibility index (Phi) is 5.19. The van der Waals surface area contributed by atoms with E-state index in [9.17, 15) is 23.3 Å². The Labute approximate surface area is 117 Å². The van der Waals surface area contributed by atoms with E-state index in [-0.39, 0.29) is 17.2 Å². The molecule has 1 aromatic carbocycles. The van der Waals surface area contributed by atoms with Crippen LogP contribution < -0.4 is 14.8 Å². The Morgan fingerprint density at radius 1 is 1.33 bits per heavy atom. The Morgan fingerprint density at radius 2 is 1.86 bits per heavy atom. The number of hydrogen-bond acceptors (Lipinski definition) is 6. The van der Waals surface area contributed by atoms with Gasteiger partial charge in [0, 0.05) is 12.6 Å². The number of aliphatic hydroxyl groups excluding tert-OH is 1. The maximum atomic E-state index is 12.2. The van der Waals surface area contributed by atoms with Crippen LogP contribution in [0.1, 0.15) is 0 Å². The molecule has 0 fully saturated rings. The molecule has 7 nitrogen and oxygen atoms in total. The minimum Gasteiger partial charge on any atom is -0.493 e. The smallest absolute Gasteiger partial charge is 0.416 e. The van der Waals surface area contributed by atoms with Crippen LogP contribution in [0.2, 0.25) is 0 Å². The van der Waals surface area contributed by atoms with Crippen molar-refractivity contribution < 1.29 is 32.7 Å². The molecule has 0 aliphatic rings. The van der Waals surface area contributed by atoms with Gasteiger partial charge < -0.3 is 19.9 Å². The first-order valence-corrected chi connectivity index (χ1v) is 5.59. The minimum absolute atomic E-state index is 0.0612. The van der Waals surface area contributed by atoms with E-state index in [0.717, 1.165) is 12.1 Å². The predicted octanol–water partition coefficient (Wildman–Crippen LogP) is 1.95. The fourth-order valence-corrected chi connectivity index (χ4v) is 1.48. The van der Waals surface area contributed by atoms with E-state index in [1.165, 1.54) is 14.2 Å². The fraction of sp³-hybridized carbons (Fsp3) is 0.455. The van der Waals surface area contributed by atoms with Crippen LogP contribution in [0.25, 0.3) is 0 Å². The van der Waals surface area contributed by atoms with Gasteiger partial charge in [0.15, 0.2) is 17.6 Å². The minimum atomic E-state index is -4.82. The molecule has 0 aliphatic carbocycles. The third-order valence-corrected chi connectivity index (χ3v) is 2.56. The molecule has 0 saturated carbocycles. The summed E-state index contributed by atoms with van der Waals surface area (Å²) in [5.74, 6) is 0.165. The van der Waals surface area contributed by atoms with Crippen LogP contribution in [0.15, 0.2) is 12.1 Å². The van der Waals surface area contributed by atoms with Gasteiger partial charge in [-0.05, 0) is 0 Å². The molecule has 0 heterocycles. The zero-order valence-corrected chi connectivity index (χ0v) is 11.1. The van der Waals surface area contributed by atoms with Crippen molar-refractivity contribution in [1.82, 2.24) is 0 Å². The van der Waals surface area contributed by atoms with Crippen LogP contribution in [0.5, 0.6) is 11.5 Å².